The van der Waals surface area contributed by atoms with E-state index in [1.54, 1.807) is 25.1 Å². The summed E-state index contributed by atoms with van der Waals surface area (Å²) in [5.74, 6) is -1.38. The third-order valence-corrected chi connectivity index (χ3v) is 3.60. The molecular formula is C19H25NO5. The van der Waals surface area contributed by atoms with Gasteiger partial charge in [0.25, 0.3) is 0 Å². The van der Waals surface area contributed by atoms with E-state index in [4.69, 9.17) is 9.47 Å². The van der Waals surface area contributed by atoms with Crippen LogP contribution in [-0.4, -0.2) is 38.1 Å². The third kappa shape index (κ3) is 5.74. The minimum atomic E-state index is -1.31. The van der Waals surface area contributed by atoms with E-state index in [1.807, 2.05) is 18.2 Å². The highest BCUT2D eigenvalue weighted by Gasteiger charge is 2.40. The molecule has 1 amide bonds. The van der Waals surface area contributed by atoms with Gasteiger partial charge in [-0.15, -0.1) is 0 Å². The molecule has 1 rings (SSSR count). The monoisotopic (exact) mass is 347 g/mol. The number of hydrogen-bond acceptors (Lipinski definition) is 5. The van der Waals surface area contributed by atoms with Crippen LogP contribution in [0.15, 0.2) is 42.5 Å². The van der Waals surface area contributed by atoms with Gasteiger partial charge >= 0.3 is 11.9 Å². The molecule has 0 radical (unpaired) electrons. The molecule has 0 heterocycles. The first-order valence-electron chi connectivity index (χ1n) is 8.13. The predicted molar refractivity (Wildman–Crippen MR) is 95.0 cm³/mol. The SMILES string of the molecule is CCOC(=O)/C=C/CCN(C(=O)C(C)(C)C(=O)OC)c1ccccc1. The Morgan fingerprint density at radius 3 is 2.36 bits per heavy atom. The maximum Gasteiger partial charge on any atom is 0.330 e. The fourth-order valence-electron chi connectivity index (χ4n) is 2.21. The molecule has 0 saturated carbocycles. The zero-order chi connectivity index (χ0) is 18.9. The van der Waals surface area contributed by atoms with Crippen molar-refractivity contribution in [2.24, 2.45) is 5.41 Å². The number of anilines is 1. The van der Waals surface area contributed by atoms with Gasteiger partial charge in [-0.05, 0) is 39.3 Å². The lowest BCUT2D eigenvalue weighted by Gasteiger charge is -2.30. The second-order valence-corrected chi connectivity index (χ2v) is 5.85. The highest BCUT2D eigenvalue weighted by molar-refractivity contribution is 6.09. The van der Waals surface area contributed by atoms with Crippen molar-refractivity contribution in [2.45, 2.75) is 27.2 Å². The Morgan fingerprint density at radius 1 is 1.16 bits per heavy atom. The number of amides is 1. The lowest BCUT2D eigenvalue weighted by atomic mass is 9.91. The zero-order valence-corrected chi connectivity index (χ0v) is 15.2. The average Bonchev–Trinajstić information content (AvgIpc) is 2.61. The summed E-state index contributed by atoms with van der Waals surface area (Å²) >= 11 is 0. The van der Waals surface area contributed by atoms with Crippen LogP contribution in [0.1, 0.15) is 27.2 Å². The number of carbonyl (C=O) groups is 3. The van der Waals surface area contributed by atoms with E-state index in [9.17, 15) is 14.4 Å². The van der Waals surface area contributed by atoms with E-state index in [-0.39, 0.29) is 5.91 Å². The lowest BCUT2D eigenvalue weighted by molar-refractivity contribution is -0.155. The van der Waals surface area contributed by atoms with Gasteiger partial charge in [0.2, 0.25) is 5.91 Å². The summed E-state index contributed by atoms with van der Waals surface area (Å²) < 4.78 is 9.56. The summed E-state index contributed by atoms with van der Waals surface area (Å²) in [5, 5.41) is 0. The first-order chi connectivity index (χ1) is 11.8. The molecule has 1 aromatic rings. The molecular weight excluding hydrogens is 322 g/mol. The Hall–Kier alpha value is -2.63. The molecule has 1 aromatic carbocycles. The summed E-state index contributed by atoms with van der Waals surface area (Å²) in [7, 11) is 1.26. The van der Waals surface area contributed by atoms with Gasteiger partial charge in [-0.1, -0.05) is 24.3 Å². The number of benzene rings is 1. The van der Waals surface area contributed by atoms with Gasteiger partial charge in [-0.25, -0.2) is 4.79 Å². The van der Waals surface area contributed by atoms with E-state index in [0.29, 0.717) is 25.3 Å². The van der Waals surface area contributed by atoms with E-state index in [2.05, 4.69) is 0 Å². The van der Waals surface area contributed by atoms with Crippen LogP contribution in [0.5, 0.6) is 0 Å². The largest absolute Gasteiger partial charge is 0.468 e. The van der Waals surface area contributed by atoms with Crippen LogP contribution < -0.4 is 4.90 Å². The lowest BCUT2D eigenvalue weighted by Crippen LogP contribution is -2.46. The van der Waals surface area contributed by atoms with Crippen molar-refractivity contribution in [3.8, 4) is 0 Å². The molecule has 25 heavy (non-hydrogen) atoms. The first-order valence-corrected chi connectivity index (χ1v) is 8.13. The maximum atomic E-state index is 12.9. The molecule has 0 atom stereocenters. The van der Waals surface area contributed by atoms with Crippen molar-refractivity contribution in [2.75, 3.05) is 25.2 Å². The molecule has 0 spiro atoms. The van der Waals surface area contributed by atoms with Crippen molar-refractivity contribution >= 4 is 23.5 Å². The minimum Gasteiger partial charge on any atom is -0.468 e. The van der Waals surface area contributed by atoms with E-state index >= 15 is 0 Å². The van der Waals surface area contributed by atoms with Gasteiger partial charge in [0.1, 0.15) is 5.41 Å². The van der Waals surface area contributed by atoms with Crippen molar-refractivity contribution in [1.29, 1.82) is 0 Å². The second kappa shape index (κ2) is 9.61. The highest BCUT2D eigenvalue weighted by Crippen LogP contribution is 2.25. The van der Waals surface area contributed by atoms with Crippen molar-refractivity contribution < 1.29 is 23.9 Å². The van der Waals surface area contributed by atoms with Crippen LogP contribution in [0.2, 0.25) is 0 Å². The van der Waals surface area contributed by atoms with Gasteiger partial charge in [0.15, 0.2) is 0 Å². The Kier molecular flexibility index (Phi) is 7.85. The minimum absolute atomic E-state index is 0.311. The molecule has 0 aliphatic heterocycles. The van der Waals surface area contributed by atoms with Gasteiger partial charge in [0, 0.05) is 18.3 Å². The molecule has 0 saturated heterocycles. The number of ether oxygens (including phenoxy) is 2. The predicted octanol–water partition coefficient (Wildman–Crippen LogP) is 2.73. The highest BCUT2D eigenvalue weighted by atomic mass is 16.5. The maximum absolute atomic E-state index is 12.9. The number of hydrogen-bond donors (Lipinski definition) is 0. The van der Waals surface area contributed by atoms with Crippen molar-refractivity contribution in [1.82, 2.24) is 0 Å². The first kappa shape index (κ1) is 20.4. The number of para-hydroxylation sites is 1. The molecule has 0 unspecified atom stereocenters. The van der Waals surface area contributed by atoms with Crippen LogP contribution in [0.25, 0.3) is 0 Å². The second-order valence-electron chi connectivity index (χ2n) is 5.85. The third-order valence-electron chi connectivity index (χ3n) is 3.60. The van der Waals surface area contributed by atoms with Gasteiger partial charge in [0.05, 0.1) is 13.7 Å². The molecule has 0 aromatic heterocycles. The molecule has 0 aliphatic rings. The Bertz CT molecular complexity index is 622. The smallest absolute Gasteiger partial charge is 0.330 e. The zero-order valence-electron chi connectivity index (χ0n) is 15.2. The van der Waals surface area contributed by atoms with Crippen LogP contribution in [-0.2, 0) is 23.9 Å². The number of methoxy groups -OCH3 is 1. The normalized spacial score (nSPS) is 11.2. The van der Waals surface area contributed by atoms with Gasteiger partial charge in [-0.2, -0.15) is 0 Å². The van der Waals surface area contributed by atoms with E-state index in [0.717, 1.165) is 0 Å². The summed E-state index contributed by atoms with van der Waals surface area (Å²) in [5.41, 5.74) is -0.635. The summed E-state index contributed by atoms with van der Waals surface area (Å²) in [6, 6.07) is 9.06. The fraction of sp³-hybridized carbons (Fsp3) is 0.421. The van der Waals surface area contributed by atoms with Crippen molar-refractivity contribution in [3.05, 3.63) is 42.5 Å². The number of nitrogens with zero attached hydrogens (tertiary/aromatic N) is 1. The van der Waals surface area contributed by atoms with E-state index in [1.165, 1.54) is 31.9 Å². The molecule has 136 valence electrons. The van der Waals surface area contributed by atoms with Crippen LogP contribution in [0.3, 0.4) is 0 Å². The summed E-state index contributed by atoms with van der Waals surface area (Å²) in [6.45, 7) is 5.43. The molecule has 6 heteroatoms. The standard InChI is InChI=1S/C19H25NO5/c1-5-25-16(21)13-9-10-14-20(15-11-7-6-8-12-15)17(22)19(2,3)18(23)24-4/h6-9,11-13H,5,10,14H2,1-4H3/b13-9+. The Balaban J connectivity index is 2.93. The van der Waals surface area contributed by atoms with Crippen LogP contribution in [0, 0.1) is 5.41 Å². The summed E-state index contributed by atoms with van der Waals surface area (Å²) in [6.07, 6.45) is 3.42. The molecule has 0 bridgehead atoms. The molecule has 6 nitrogen and oxygen atoms in total. The number of carbonyl (C=O) groups excluding carboxylic acids is 3. The van der Waals surface area contributed by atoms with Crippen LogP contribution in [0.4, 0.5) is 5.69 Å². The van der Waals surface area contributed by atoms with Gasteiger partial charge < -0.3 is 14.4 Å². The topological polar surface area (TPSA) is 72.9 Å². The quantitative estimate of drug-likeness (QED) is 0.411. The van der Waals surface area contributed by atoms with Gasteiger partial charge in [-0.3, -0.25) is 9.59 Å². The van der Waals surface area contributed by atoms with Crippen molar-refractivity contribution in [3.63, 3.8) is 0 Å². The fourth-order valence-corrected chi connectivity index (χ4v) is 2.21. The number of rotatable bonds is 8. The molecule has 0 aliphatic carbocycles. The molecule has 0 fully saturated rings. The Morgan fingerprint density at radius 2 is 1.80 bits per heavy atom. The Labute approximate surface area is 148 Å². The van der Waals surface area contributed by atoms with Crippen LogP contribution >= 0.6 is 0 Å². The average molecular weight is 347 g/mol. The van der Waals surface area contributed by atoms with E-state index < -0.39 is 17.4 Å². The number of esters is 2. The summed E-state index contributed by atoms with van der Waals surface area (Å²) in [4.78, 5) is 37.7. The molecule has 0 N–H and O–H groups in total.